The van der Waals surface area contributed by atoms with E-state index >= 15 is 0 Å². The van der Waals surface area contributed by atoms with Gasteiger partial charge in [0.1, 0.15) is 5.82 Å². The van der Waals surface area contributed by atoms with E-state index in [1.165, 1.54) is 0 Å². The van der Waals surface area contributed by atoms with Gasteiger partial charge in [-0.25, -0.2) is 13.4 Å². The minimum absolute atomic E-state index is 0.0660. The first-order valence-electron chi connectivity index (χ1n) is 10.3. The van der Waals surface area contributed by atoms with Crippen molar-refractivity contribution in [2.24, 2.45) is 7.05 Å². The molecule has 0 saturated carbocycles. The highest BCUT2D eigenvalue weighted by Crippen LogP contribution is 2.39. The van der Waals surface area contributed by atoms with Gasteiger partial charge >= 0.3 is 0 Å². The van der Waals surface area contributed by atoms with Gasteiger partial charge in [0.15, 0.2) is 0 Å². The van der Waals surface area contributed by atoms with E-state index in [1.807, 2.05) is 25.1 Å². The standard InChI is InChI=1S/C22H23ClN4O3S/c1-14(21-24-20-6-4-3-5-19(20)22(28)25(21)2)26-12-17-11-16(26)13-27(17)31(29,30)18-9-7-15(23)8-10-18/h3-10,14,16-17H,11-13H2,1-2H3. The Morgan fingerprint density at radius 2 is 1.77 bits per heavy atom. The summed E-state index contributed by atoms with van der Waals surface area (Å²) in [5.41, 5.74) is 0.618. The molecule has 3 unspecified atom stereocenters. The van der Waals surface area contributed by atoms with Crippen molar-refractivity contribution in [3.05, 3.63) is 69.7 Å². The Morgan fingerprint density at radius 1 is 1.06 bits per heavy atom. The number of para-hydroxylation sites is 1. The van der Waals surface area contributed by atoms with Crippen LogP contribution in [0.3, 0.4) is 0 Å². The summed E-state index contributed by atoms with van der Waals surface area (Å²) < 4.78 is 29.5. The fourth-order valence-corrected chi connectivity index (χ4v) is 6.72. The van der Waals surface area contributed by atoms with Crippen molar-refractivity contribution in [2.75, 3.05) is 13.1 Å². The number of hydrogen-bond donors (Lipinski definition) is 0. The topological polar surface area (TPSA) is 75.5 Å². The Hall–Kier alpha value is -2.26. The lowest BCUT2D eigenvalue weighted by Crippen LogP contribution is -2.49. The molecule has 162 valence electrons. The fourth-order valence-electron chi connectivity index (χ4n) is 4.93. The molecule has 1 aromatic heterocycles. The summed E-state index contributed by atoms with van der Waals surface area (Å²) in [6, 6.07) is 13.6. The number of halogens is 1. The molecule has 2 aromatic carbocycles. The number of sulfonamides is 1. The average Bonchev–Trinajstić information content (AvgIpc) is 3.38. The second-order valence-corrected chi connectivity index (χ2v) is 10.6. The van der Waals surface area contributed by atoms with Crippen LogP contribution in [0.15, 0.2) is 58.2 Å². The van der Waals surface area contributed by atoms with E-state index in [0.29, 0.717) is 34.8 Å². The van der Waals surface area contributed by atoms with Gasteiger partial charge in [-0.15, -0.1) is 0 Å². The molecule has 2 fully saturated rings. The van der Waals surface area contributed by atoms with Crippen molar-refractivity contribution in [3.8, 4) is 0 Å². The number of benzene rings is 2. The average molecular weight is 459 g/mol. The number of nitrogens with zero attached hydrogens (tertiary/aromatic N) is 4. The first-order chi connectivity index (χ1) is 14.8. The van der Waals surface area contributed by atoms with E-state index in [-0.39, 0.29) is 28.6 Å². The second-order valence-electron chi connectivity index (χ2n) is 8.30. The Kier molecular flexibility index (Phi) is 4.93. The molecule has 2 aliphatic rings. The molecule has 7 nitrogen and oxygen atoms in total. The van der Waals surface area contributed by atoms with Crippen molar-refractivity contribution < 1.29 is 8.42 Å². The molecule has 31 heavy (non-hydrogen) atoms. The summed E-state index contributed by atoms with van der Waals surface area (Å²) >= 11 is 5.91. The van der Waals surface area contributed by atoms with Gasteiger partial charge in [-0.3, -0.25) is 14.3 Å². The normalized spacial score (nSPS) is 22.9. The van der Waals surface area contributed by atoms with E-state index < -0.39 is 10.0 Å². The molecule has 2 aliphatic heterocycles. The van der Waals surface area contributed by atoms with Gasteiger partial charge in [0, 0.05) is 37.2 Å². The first-order valence-corrected chi connectivity index (χ1v) is 12.1. The van der Waals surface area contributed by atoms with Gasteiger partial charge in [0.25, 0.3) is 5.56 Å². The summed E-state index contributed by atoms with van der Waals surface area (Å²) in [6.45, 7) is 3.08. The lowest BCUT2D eigenvalue weighted by Gasteiger charge is -2.37. The maximum Gasteiger partial charge on any atom is 0.261 e. The summed E-state index contributed by atoms with van der Waals surface area (Å²) in [5.74, 6) is 0.698. The van der Waals surface area contributed by atoms with Crippen molar-refractivity contribution in [3.63, 3.8) is 0 Å². The number of aromatic nitrogens is 2. The molecule has 0 aliphatic carbocycles. The van der Waals surface area contributed by atoms with E-state index in [0.717, 1.165) is 6.42 Å². The van der Waals surface area contributed by atoms with Gasteiger partial charge in [-0.1, -0.05) is 23.7 Å². The highest BCUT2D eigenvalue weighted by molar-refractivity contribution is 7.89. The molecule has 2 saturated heterocycles. The molecule has 3 heterocycles. The molecule has 5 rings (SSSR count). The van der Waals surface area contributed by atoms with Crippen LogP contribution in [0.2, 0.25) is 5.02 Å². The van der Waals surface area contributed by atoms with Gasteiger partial charge in [0.2, 0.25) is 10.0 Å². The van der Waals surface area contributed by atoms with E-state index in [9.17, 15) is 13.2 Å². The first kappa shape index (κ1) is 20.6. The smallest absolute Gasteiger partial charge is 0.261 e. The quantitative estimate of drug-likeness (QED) is 0.601. The largest absolute Gasteiger partial charge is 0.298 e. The molecule has 0 radical (unpaired) electrons. The Labute approximate surface area is 185 Å². The molecular weight excluding hydrogens is 436 g/mol. The number of likely N-dealkylation sites (tertiary alicyclic amines) is 1. The van der Waals surface area contributed by atoms with Gasteiger partial charge in [0.05, 0.1) is 21.8 Å². The third-order valence-corrected chi connectivity index (χ3v) is 8.73. The van der Waals surface area contributed by atoms with Crippen LogP contribution in [-0.2, 0) is 17.1 Å². The Balaban J connectivity index is 1.41. The second kappa shape index (κ2) is 7.41. The van der Waals surface area contributed by atoms with E-state index in [4.69, 9.17) is 16.6 Å². The lowest BCUT2D eigenvalue weighted by molar-refractivity contribution is 0.131. The highest BCUT2D eigenvalue weighted by Gasteiger charge is 2.50. The maximum atomic E-state index is 13.1. The summed E-state index contributed by atoms with van der Waals surface area (Å²) in [5, 5.41) is 1.11. The van der Waals surface area contributed by atoms with Gasteiger partial charge in [-0.2, -0.15) is 4.31 Å². The van der Waals surface area contributed by atoms with Crippen molar-refractivity contribution in [2.45, 2.75) is 36.4 Å². The molecule has 3 aromatic rings. The molecule has 0 spiro atoms. The predicted octanol–water partition coefficient (Wildman–Crippen LogP) is 2.80. The van der Waals surface area contributed by atoms with Gasteiger partial charge in [-0.05, 0) is 49.7 Å². The minimum Gasteiger partial charge on any atom is -0.298 e. The monoisotopic (exact) mass is 458 g/mol. The zero-order chi connectivity index (χ0) is 21.9. The Morgan fingerprint density at radius 3 is 2.45 bits per heavy atom. The third kappa shape index (κ3) is 3.29. The fraction of sp³-hybridized carbons (Fsp3) is 0.364. The summed E-state index contributed by atoms with van der Waals surface area (Å²) in [4.78, 5) is 20.1. The predicted molar refractivity (Wildman–Crippen MR) is 120 cm³/mol. The van der Waals surface area contributed by atoms with E-state index in [2.05, 4.69) is 4.90 Å². The molecular formula is C22H23ClN4O3S. The van der Waals surface area contributed by atoms with Crippen LogP contribution in [0.25, 0.3) is 10.9 Å². The SMILES string of the molecule is CC(c1nc2ccccc2c(=O)n1C)N1CC2CC1CN2S(=O)(=O)c1ccc(Cl)cc1. The number of fused-ring (bicyclic) bond motifs is 3. The van der Waals surface area contributed by atoms with Crippen LogP contribution in [0.4, 0.5) is 0 Å². The van der Waals surface area contributed by atoms with E-state index in [1.54, 1.807) is 46.3 Å². The molecule has 0 amide bonds. The highest BCUT2D eigenvalue weighted by atomic mass is 35.5. The van der Waals surface area contributed by atoms with Crippen LogP contribution in [0, 0.1) is 0 Å². The zero-order valence-electron chi connectivity index (χ0n) is 17.3. The third-order valence-electron chi connectivity index (χ3n) is 6.54. The molecule has 0 N–H and O–H groups in total. The van der Waals surface area contributed by atoms with Crippen molar-refractivity contribution >= 4 is 32.5 Å². The minimum atomic E-state index is -3.57. The van der Waals surface area contributed by atoms with Crippen LogP contribution in [0.1, 0.15) is 25.2 Å². The van der Waals surface area contributed by atoms with Crippen LogP contribution in [0.5, 0.6) is 0 Å². The number of piperazine rings is 1. The zero-order valence-corrected chi connectivity index (χ0v) is 18.8. The van der Waals surface area contributed by atoms with Crippen LogP contribution >= 0.6 is 11.6 Å². The maximum absolute atomic E-state index is 13.1. The summed E-state index contributed by atoms with van der Waals surface area (Å²) in [7, 11) is -1.82. The molecule has 9 heteroatoms. The lowest BCUT2D eigenvalue weighted by atomic mass is 10.2. The van der Waals surface area contributed by atoms with Crippen molar-refractivity contribution in [1.29, 1.82) is 0 Å². The van der Waals surface area contributed by atoms with Gasteiger partial charge < -0.3 is 0 Å². The Bertz CT molecular complexity index is 1320. The van der Waals surface area contributed by atoms with Crippen LogP contribution in [-0.4, -0.2) is 52.3 Å². The number of hydrogen-bond acceptors (Lipinski definition) is 5. The number of rotatable bonds is 4. The van der Waals surface area contributed by atoms with Crippen LogP contribution < -0.4 is 5.56 Å². The summed E-state index contributed by atoms with van der Waals surface area (Å²) in [6.07, 6.45) is 0.776. The molecule has 2 bridgehead atoms. The molecule has 3 atom stereocenters. The van der Waals surface area contributed by atoms with Crippen molar-refractivity contribution in [1.82, 2.24) is 18.8 Å².